The Balaban J connectivity index is 2.21. The number of carboxylic acids is 1. The number of hydrogen-bond acceptors (Lipinski definition) is 3. The fourth-order valence-electron chi connectivity index (χ4n) is 2.43. The lowest BCUT2D eigenvalue weighted by Gasteiger charge is -2.12. The Kier molecular flexibility index (Phi) is 4.31. The van der Waals surface area contributed by atoms with Crippen molar-refractivity contribution in [1.82, 2.24) is 9.78 Å². The molecule has 0 aliphatic carbocycles. The second kappa shape index (κ2) is 5.99. The highest BCUT2D eigenvalue weighted by Crippen LogP contribution is 2.22. The Bertz CT molecular complexity index is 660. The molecule has 5 heteroatoms. The fraction of sp³-hybridized carbons (Fsp3) is 0.375. The van der Waals surface area contributed by atoms with Gasteiger partial charge in [0.1, 0.15) is 0 Å². The monoisotopic (exact) mass is 287 g/mol. The first-order valence-electron chi connectivity index (χ1n) is 6.99. The van der Waals surface area contributed by atoms with Crippen molar-refractivity contribution < 1.29 is 9.90 Å². The molecule has 2 rings (SSSR count). The molecule has 0 atom stereocenters. The van der Waals surface area contributed by atoms with E-state index in [0.717, 1.165) is 22.5 Å². The first kappa shape index (κ1) is 15.1. The maximum atomic E-state index is 11.2. The summed E-state index contributed by atoms with van der Waals surface area (Å²) in [6.45, 7) is 6.67. The van der Waals surface area contributed by atoms with Gasteiger partial charge in [0.15, 0.2) is 0 Å². The van der Waals surface area contributed by atoms with Gasteiger partial charge in [0.05, 0.1) is 11.3 Å². The number of aryl methyl sites for hydroxylation is 1. The number of benzene rings is 1. The molecule has 0 saturated carbocycles. The summed E-state index contributed by atoms with van der Waals surface area (Å²) < 4.78 is 1.81. The van der Waals surface area contributed by atoms with E-state index in [1.165, 1.54) is 0 Å². The Hall–Kier alpha value is -2.30. The second-order valence-corrected chi connectivity index (χ2v) is 5.50. The second-order valence-electron chi connectivity index (χ2n) is 5.50. The predicted octanol–water partition coefficient (Wildman–Crippen LogP) is 3.16. The van der Waals surface area contributed by atoms with E-state index in [0.29, 0.717) is 18.0 Å². The lowest BCUT2D eigenvalue weighted by molar-refractivity contribution is 0.0696. The van der Waals surface area contributed by atoms with Gasteiger partial charge in [0.2, 0.25) is 0 Å². The molecule has 1 aromatic heterocycles. The van der Waals surface area contributed by atoms with Crippen LogP contribution in [0.4, 0.5) is 5.69 Å². The van der Waals surface area contributed by atoms with E-state index in [4.69, 9.17) is 5.11 Å². The summed E-state index contributed by atoms with van der Waals surface area (Å²) in [5, 5.41) is 16.9. The minimum absolute atomic E-state index is 0.329. The van der Waals surface area contributed by atoms with Crippen molar-refractivity contribution in [2.45, 2.75) is 33.2 Å². The molecule has 112 valence electrons. The van der Waals surface area contributed by atoms with Gasteiger partial charge in [-0.15, -0.1) is 0 Å². The number of hydrogen-bond donors (Lipinski definition) is 2. The van der Waals surface area contributed by atoms with Gasteiger partial charge in [-0.05, 0) is 30.5 Å². The molecule has 0 saturated heterocycles. The molecule has 0 unspecified atom stereocenters. The third-order valence-electron chi connectivity index (χ3n) is 3.52. The van der Waals surface area contributed by atoms with E-state index < -0.39 is 5.97 Å². The molecular weight excluding hydrogens is 266 g/mol. The zero-order chi connectivity index (χ0) is 15.6. The number of rotatable bonds is 5. The number of carbonyl (C=O) groups is 1. The molecule has 1 aromatic carbocycles. The van der Waals surface area contributed by atoms with Crippen LogP contribution in [0.25, 0.3) is 0 Å². The molecule has 0 radical (unpaired) electrons. The van der Waals surface area contributed by atoms with Gasteiger partial charge < -0.3 is 10.4 Å². The van der Waals surface area contributed by atoms with Crippen molar-refractivity contribution in [2.24, 2.45) is 7.05 Å². The van der Waals surface area contributed by atoms with Gasteiger partial charge >= 0.3 is 5.97 Å². The van der Waals surface area contributed by atoms with Crippen LogP contribution >= 0.6 is 0 Å². The van der Waals surface area contributed by atoms with Crippen LogP contribution in [0.5, 0.6) is 0 Å². The van der Waals surface area contributed by atoms with Crippen LogP contribution in [0.15, 0.2) is 24.4 Å². The smallest absolute Gasteiger partial charge is 0.336 e. The maximum absolute atomic E-state index is 11.2. The SMILES string of the molecule is Cc1c(NCc2cn(C)nc2C(C)C)cccc1C(=O)O. The number of aromatic carboxylic acids is 1. The topological polar surface area (TPSA) is 67.2 Å². The highest BCUT2D eigenvalue weighted by atomic mass is 16.4. The first-order chi connectivity index (χ1) is 9.90. The van der Waals surface area contributed by atoms with Crippen molar-refractivity contribution >= 4 is 11.7 Å². The summed E-state index contributed by atoms with van der Waals surface area (Å²) in [6.07, 6.45) is 2.00. The third-order valence-corrected chi connectivity index (χ3v) is 3.52. The molecule has 1 heterocycles. The zero-order valence-corrected chi connectivity index (χ0v) is 12.8. The molecule has 2 aromatic rings. The molecule has 0 aliphatic heterocycles. The zero-order valence-electron chi connectivity index (χ0n) is 12.8. The Morgan fingerprint density at radius 2 is 2.14 bits per heavy atom. The number of anilines is 1. The van der Waals surface area contributed by atoms with Gasteiger partial charge in [-0.25, -0.2) is 4.79 Å². The third kappa shape index (κ3) is 3.24. The highest BCUT2D eigenvalue weighted by Gasteiger charge is 2.13. The number of aromatic nitrogens is 2. The van der Waals surface area contributed by atoms with Gasteiger partial charge in [0.25, 0.3) is 0 Å². The van der Waals surface area contributed by atoms with Crippen LogP contribution in [0.1, 0.15) is 46.9 Å². The average Bonchev–Trinajstić information content (AvgIpc) is 2.78. The Morgan fingerprint density at radius 1 is 1.43 bits per heavy atom. The van der Waals surface area contributed by atoms with Gasteiger partial charge in [-0.2, -0.15) is 5.10 Å². The van der Waals surface area contributed by atoms with Gasteiger partial charge in [0, 0.05) is 31.0 Å². The molecule has 21 heavy (non-hydrogen) atoms. The molecule has 0 amide bonds. The van der Waals surface area contributed by atoms with Gasteiger partial charge in [-0.1, -0.05) is 19.9 Å². The normalized spacial score (nSPS) is 10.9. The van der Waals surface area contributed by atoms with Crippen LogP contribution in [0.2, 0.25) is 0 Å². The summed E-state index contributed by atoms with van der Waals surface area (Å²) in [7, 11) is 1.91. The Labute approximate surface area is 124 Å². The van der Waals surface area contributed by atoms with Crippen molar-refractivity contribution in [1.29, 1.82) is 0 Å². The Morgan fingerprint density at radius 3 is 2.76 bits per heavy atom. The molecular formula is C16H21N3O2. The van der Waals surface area contributed by atoms with Crippen LogP contribution in [-0.4, -0.2) is 20.9 Å². The van der Waals surface area contributed by atoms with E-state index >= 15 is 0 Å². The summed E-state index contributed by atoms with van der Waals surface area (Å²) >= 11 is 0. The van der Waals surface area contributed by atoms with E-state index in [1.54, 1.807) is 12.1 Å². The number of carboxylic acid groups (broad SMARTS) is 1. The summed E-state index contributed by atoms with van der Waals surface area (Å²) in [5.41, 5.74) is 4.12. The van der Waals surface area contributed by atoms with E-state index in [9.17, 15) is 4.79 Å². The van der Waals surface area contributed by atoms with Crippen LogP contribution in [0.3, 0.4) is 0 Å². The van der Waals surface area contributed by atoms with Crippen molar-refractivity contribution in [3.63, 3.8) is 0 Å². The molecule has 0 bridgehead atoms. The summed E-state index contributed by atoms with van der Waals surface area (Å²) in [5.74, 6) is -0.546. The average molecular weight is 287 g/mol. The van der Waals surface area contributed by atoms with Crippen molar-refractivity contribution in [2.75, 3.05) is 5.32 Å². The van der Waals surface area contributed by atoms with Crippen molar-refractivity contribution in [3.8, 4) is 0 Å². The number of nitrogens with zero attached hydrogens (tertiary/aromatic N) is 2. The molecule has 5 nitrogen and oxygen atoms in total. The van der Waals surface area contributed by atoms with Crippen LogP contribution in [-0.2, 0) is 13.6 Å². The van der Waals surface area contributed by atoms with E-state index in [-0.39, 0.29) is 0 Å². The summed E-state index contributed by atoms with van der Waals surface area (Å²) in [6, 6.07) is 5.27. The fourth-order valence-corrected chi connectivity index (χ4v) is 2.43. The van der Waals surface area contributed by atoms with Crippen LogP contribution < -0.4 is 5.32 Å². The first-order valence-corrected chi connectivity index (χ1v) is 6.99. The summed E-state index contributed by atoms with van der Waals surface area (Å²) in [4.78, 5) is 11.2. The van der Waals surface area contributed by atoms with E-state index in [2.05, 4.69) is 24.3 Å². The van der Waals surface area contributed by atoms with Gasteiger partial charge in [-0.3, -0.25) is 4.68 Å². The maximum Gasteiger partial charge on any atom is 0.336 e. The quantitative estimate of drug-likeness (QED) is 0.886. The van der Waals surface area contributed by atoms with Crippen LogP contribution in [0, 0.1) is 6.92 Å². The molecule has 0 fully saturated rings. The standard InChI is InChI=1S/C16H21N3O2/c1-10(2)15-12(9-19(4)18-15)8-17-14-7-5-6-13(11(14)3)16(20)21/h5-7,9-10,17H,8H2,1-4H3,(H,20,21). The van der Waals surface area contributed by atoms with E-state index in [1.807, 2.05) is 30.9 Å². The minimum Gasteiger partial charge on any atom is -0.478 e. The predicted molar refractivity (Wildman–Crippen MR) is 82.8 cm³/mol. The number of nitrogens with one attached hydrogen (secondary N) is 1. The lowest BCUT2D eigenvalue weighted by atomic mass is 10.0. The molecule has 0 spiro atoms. The van der Waals surface area contributed by atoms with Crippen molar-refractivity contribution in [3.05, 3.63) is 46.8 Å². The molecule has 2 N–H and O–H groups in total. The minimum atomic E-state index is -0.902. The lowest BCUT2D eigenvalue weighted by Crippen LogP contribution is -2.07. The molecule has 0 aliphatic rings. The largest absolute Gasteiger partial charge is 0.478 e. The highest BCUT2D eigenvalue weighted by molar-refractivity contribution is 5.91.